The third kappa shape index (κ3) is 6.05. The first kappa shape index (κ1) is 36.5. The Hall–Kier alpha value is -4.38. The maximum atomic E-state index is 6.11. The summed E-state index contributed by atoms with van der Waals surface area (Å²) in [5.41, 5.74) is 13.2. The molecule has 10 heterocycles. The topological polar surface area (TPSA) is 109 Å². The van der Waals surface area contributed by atoms with Crippen molar-refractivity contribution in [3.63, 3.8) is 0 Å². The van der Waals surface area contributed by atoms with Crippen LogP contribution < -0.4 is 16.0 Å². The highest BCUT2D eigenvalue weighted by Crippen LogP contribution is 2.51. The van der Waals surface area contributed by atoms with Crippen LogP contribution in [0.1, 0.15) is 48.3 Å². The van der Waals surface area contributed by atoms with Crippen molar-refractivity contribution in [2.75, 3.05) is 56.7 Å². The molecule has 0 aliphatic carbocycles. The minimum atomic E-state index is -0.0186. The summed E-state index contributed by atoms with van der Waals surface area (Å²) in [6, 6.07) is 19.9. The van der Waals surface area contributed by atoms with E-state index in [4.69, 9.17) is 24.4 Å². The van der Waals surface area contributed by atoms with Gasteiger partial charge in [-0.2, -0.15) is 0 Å². The van der Waals surface area contributed by atoms with E-state index in [1.807, 2.05) is 28.6 Å². The predicted octanol–water partition coefficient (Wildman–Crippen LogP) is 10.8. The zero-order chi connectivity index (χ0) is 39.1. The second kappa shape index (κ2) is 14.4. The largest absolute Gasteiger partial charge is 0.381 e. The van der Waals surface area contributed by atoms with E-state index >= 15 is 0 Å². The Morgan fingerprint density at radius 3 is 2.58 bits per heavy atom. The average molecular weight is 855 g/mol. The number of likely N-dealkylation sites (N-methyl/N-ethyl adjacent to an activating group) is 1. The van der Waals surface area contributed by atoms with Crippen LogP contribution in [0.15, 0.2) is 77.9 Å². The van der Waals surface area contributed by atoms with Crippen LogP contribution in [0.2, 0.25) is 0 Å². The fourth-order valence-electron chi connectivity index (χ4n) is 10.2. The van der Waals surface area contributed by atoms with Gasteiger partial charge >= 0.3 is 0 Å². The summed E-state index contributed by atoms with van der Waals surface area (Å²) >= 11 is 6.95. The van der Waals surface area contributed by atoms with Gasteiger partial charge in [-0.3, -0.25) is 4.90 Å². The smallest absolute Gasteiger partial charge is 0.126 e. The quantitative estimate of drug-likeness (QED) is 0.137. The van der Waals surface area contributed by atoms with E-state index in [9.17, 15) is 0 Å². The Morgan fingerprint density at radius 2 is 1.68 bits per heavy atom. The third-order valence-electron chi connectivity index (χ3n) is 13.2. The van der Waals surface area contributed by atoms with Crippen LogP contribution in [0.25, 0.3) is 57.7 Å². The zero-order valence-corrected chi connectivity index (χ0v) is 35.8. The van der Waals surface area contributed by atoms with Gasteiger partial charge in [0.25, 0.3) is 0 Å². The van der Waals surface area contributed by atoms with Gasteiger partial charge in [0, 0.05) is 81.5 Å². The number of nitrogens with one attached hydrogen (secondary N) is 3. The fraction of sp³-hybridized carbons (Fsp3) is 0.333. The van der Waals surface area contributed by atoms with Crippen molar-refractivity contribution in [1.82, 2.24) is 30.2 Å². The molecule has 0 unspecified atom stereocenters. The number of aromatic nitrogens is 4. The molecule has 2 atom stereocenters. The molecule has 0 saturated carbocycles. The minimum absolute atomic E-state index is 0.0186. The molecule has 2 spiro atoms. The highest BCUT2D eigenvalue weighted by Gasteiger charge is 2.51. The van der Waals surface area contributed by atoms with E-state index in [1.54, 1.807) is 34.0 Å². The van der Waals surface area contributed by atoms with Crippen molar-refractivity contribution in [1.29, 1.82) is 0 Å². The summed E-state index contributed by atoms with van der Waals surface area (Å²) in [6.45, 7) is 8.50. The second-order valence-corrected chi connectivity index (χ2v) is 20.0. The van der Waals surface area contributed by atoms with Gasteiger partial charge in [0.05, 0.1) is 60.7 Å². The van der Waals surface area contributed by atoms with Crippen LogP contribution in [0.4, 0.5) is 22.7 Å². The Balaban J connectivity index is 0.953. The minimum Gasteiger partial charge on any atom is -0.381 e. The van der Waals surface area contributed by atoms with E-state index < -0.39 is 0 Å². The Labute approximate surface area is 357 Å². The first-order valence-corrected chi connectivity index (χ1v) is 23.9. The predicted molar refractivity (Wildman–Crippen MR) is 246 cm³/mol. The summed E-state index contributed by atoms with van der Waals surface area (Å²) in [5, 5.41) is 13.7. The number of anilines is 4. The number of thiophene rings is 2. The van der Waals surface area contributed by atoms with Crippen LogP contribution in [-0.2, 0) is 9.47 Å². The summed E-state index contributed by atoms with van der Waals surface area (Å²) in [4.78, 5) is 27.2. The normalized spacial score (nSPS) is 21.9. The molecule has 3 saturated heterocycles. The molecule has 298 valence electrons. The number of nitrogens with zero attached hydrogens (tertiary/aromatic N) is 5. The van der Waals surface area contributed by atoms with E-state index in [0.717, 1.165) is 142 Å². The third-order valence-corrected chi connectivity index (χ3v) is 17.1. The maximum absolute atomic E-state index is 6.11. The Bertz CT molecular complexity index is 2940. The number of pyridine rings is 2. The molecule has 8 aromatic rings. The average Bonchev–Trinajstić information content (AvgIpc) is 4.12. The Morgan fingerprint density at radius 1 is 0.831 bits per heavy atom. The molecular weight excluding hydrogens is 813 g/mol. The van der Waals surface area contributed by atoms with Crippen molar-refractivity contribution >= 4 is 115 Å². The van der Waals surface area contributed by atoms with Gasteiger partial charge < -0.3 is 25.4 Å². The molecule has 3 fully saturated rings. The van der Waals surface area contributed by atoms with Gasteiger partial charge in [-0.25, -0.2) is 19.9 Å². The van der Waals surface area contributed by atoms with Gasteiger partial charge in [-0.1, -0.05) is 13.0 Å². The van der Waals surface area contributed by atoms with Crippen molar-refractivity contribution in [2.45, 2.75) is 49.6 Å². The lowest BCUT2D eigenvalue weighted by molar-refractivity contribution is 0.0622. The number of hydrogen-bond donors (Lipinski definition) is 3. The molecule has 14 heteroatoms. The molecular formula is C45H42N8O2S4. The maximum Gasteiger partial charge on any atom is 0.126 e. The van der Waals surface area contributed by atoms with Gasteiger partial charge in [-0.15, -0.1) is 45.3 Å². The van der Waals surface area contributed by atoms with Crippen molar-refractivity contribution in [3.8, 4) is 11.3 Å². The molecule has 4 aliphatic rings. The highest BCUT2D eigenvalue weighted by atomic mass is 32.1. The van der Waals surface area contributed by atoms with E-state index in [2.05, 4.69) is 93.4 Å². The number of hydrogen-bond acceptors (Lipinski definition) is 14. The molecule has 0 amide bonds. The van der Waals surface area contributed by atoms with Gasteiger partial charge in [0.15, 0.2) is 0 Å². The van der Waals surface area contributed by atoms with Crippen molar-refractivity contribution in [3.05, 3.63) is 87.6 Å². The van der Waals surface area contributed by atoms with E-state index in [1.165, 1.54) is 20.0 Å². The van der Waals surface area contributed by atoms with Gasteiger partial charge in [-0.05, 0) is 98.9 Å². The molecule has 59 heavy (non-hydrogen) atoms. The first-order chi connectivity index (χ1) is 29.1. The standard InChI is InChI=1S/C45H42N8O2S4/c1-2-53-13-7-32(45(53)10-16-55-23-45)40-21-30-35(50-26-3-4-38-36(18-26)47-24-56-38)22-34(52-43(30)59-40)28-17-27(19-37-41(28)57-25-48-37)51-33-6-11-46-42-29(33)20-39(58-42)31-5-12-49-44(31)8-14-54-15-9-44/h3-6,11,17-22,24-25,32,49H,2,7-10,12-16,23H2,1H3,(H,46,51)(H,50,52)/t32-,45+/m1/s1. The summed E-state index contributed by atoms with van der Waals surface area (Å²) in [5.74, 6) is 0.408. The molecule has 0 radical (unpaired) electrons. The number of likely N-dealkylation sites (tertiary alicyclic amines) is 1. The summed E-state index contributed by atoms with van der Waals surface area (Å²) in [7, 11) is 0. The SMILES string of the molecule is CCN1CC[C@H](c2cc3c(Nc4ccc5scnc5c4)cc(-c4cc(Nc5ccnc6sc(C7=CCNC78CCOCC8)cc56)cc5ncsc45)nc3s2)[C@@]12CCOC2. The van der Waals surface area contributed by atoms with Gasteiger partial charge in [0.2, 0.25) is 0 Å². The second-order valence-electron chi connectivity index (χ2n) is 16.1. The van der Waals surface area contributed by atoms with E-state index in [-0.39, 0.29) is 11.1 Å². The van der Waals surface area contributed by atoms with E-state index in [0.29, 0.717) is 5.92 Å². The highest BCUT2D eigenvalue weighted by molar-refractivity contribution is 7.20. The first-order valence-electron chi connectivity index (χ1n) is 20.5. The monoisotopic (exact) mass is 854 g/mol. The molecule has 10 nitrogen and oxygen atoms in total. The lowest BCUT2D eigenvalue weighted by Gasteiger charge is -2.37. The number of rotatable bonds is 8. The van der Waals surface area contributed by atoms with Crippen LogP contribution in [0, 0.1) is 0 Å². The lowest BCUT2D eigenvalue weighted by atomic mass is 9.82. The molecule has 2 aromatic carbocycles. The Kier molecular flexibility index (Phi) is 8.89. The van der Waals surface area contributed by atoms with Crippen LogP contribution in [0.5, 0.6) is 0 Å². The van der Waals surface area contributed by atoms with Crippen molar-refractivity contribution in [2.24, 2.45) is 0 Å². The summed E-state index contributed by atoms with van der Waals surface area (Å²) in [6.07, 6.45) is 8.45. The summed E-state index contributed by atoms with van der Waals surface area (Å²) < 4.78 is 14.2. The molecule has 3 N–H and O–H groups in total. The van der Waals surface area contributed by atoms with Gasteiger partial charge in [0.1, 0.15) is 9.66 Å². The number of thiazole rings is 2. The van der Waals surface area contributed by atoms with Crippen molar-refractivity contribution < 1.29 is 9.47 Å². The van der Waals surface area contributed by atoms with Crippen LogP contribution in [0.3, 0.4) is 0 Å². The number of ether oxygens (including phenoxy) is 2. The number of fused-ring (bicyclic) bond motifs is 4. The fourth-order valence-corrected chi connectivity index (χ4v) is 14.1. The molecule has 6 aromatic heterocycles. The van der Waals surface area contributed by atoms with Crippen LogP contribution >= 0.6 is 45.3 Å². The molecule has 4 aliphatic heterocycles. The zero-order valence-electron chi connectivity index (χ0n) is 32.5. The lowest BCUT2D eigenvalue weighted by Crippen LogP contribution is -2.47. The van der Waals surface area contributed by atoms with Crippen LogP contribution in [-0.4, -0.2) is 82.0 Å². The number of benzene rings is 2. The molecule has 0 bridgehead atoms. The molecule has 12 rings (SSSR count).